The Hall–Kier alpha value is -2.47. The third kappa shape index (κ3) is 4.04. The molecule has 1 N–H and O–H groups in total. The van der Waals surface area contributed by atoms with E-state index in [-0.39, 0.29) is 0 Å². The molecular formula is C17H22N6. The van der Waals surface area contributed by atoms with Gasteiger partial charge in [-0.3, -0.25) is 14.3 Å². The molecule has 0 aromatic carbocycles. The summed E-state index contributed by atoms with van der Waals surface area (Å²) in [5, 5.41) is 12.3. The molecule has 1 atom stereocenters. The lowest BCUT2D eigenvalue weighted by molar-refractivity contribution is 0.422. The van der Waals surface area contributed by atoms with E-state index in [9.17, 15) is 0 Å². The number of aromatic nitrogens is 5. The van der Waals surface area contributed by atoms with Gasteiger partial charge in [-0.2, -0.15) is 10.2 Å². The molecule has 23 heavy (non-hydrogen) atoms. The fraction of sp³-hybridized carbons (Fsp3) is 0.353. The lowest BCUT2D eigenvalue weighted by Crippen LogP contribution is -2.24. The van der Waals surface area contributed by atoms with Crippen molar-refractivity contribution in [2.24, 2.45) is 13.0 Å². The van der Waals surface area contributed by atoms with E-state index in [1.807, 2.05) is 53.2 Å². The first-order chi connectivity index (χ1) is 11.2. The minimum absolute atomic E-state index is 0.508. The van der Waals surface area contributed by atoms with Crippen molar-refractivity contribution in [3.63, 3.8) is 0 Å². The Morgan fingerprint density at radius 2 is 2.17 bits per heavy atom. The molecule has 0 radical (unpaired) electrons. The highest BCUT2D eigenvalue weighted by Gasteiger charge is 2.10. The van der Waals surface area contributed by atoms with E-state index in [2.05, 4.69) is 33.6 Å². The number of nitrogens with one attached hydrogen (secondary N) is 1. The number of aryl methyl sites for hydroxylation is 1. The fourth-order valence-corrected chi connectivity index (χ4v) is 2.66. The molecule has 0 aliphatic carbocycles. The Bertz CT molecular complexity index is 717. The molecule has 0 bridgehead atoms. The maximum absolute atomic E-state index is 4.56. The summed E-state index contributed by atoms with van der Waals surface area (Å²) < 4.78 is 3.82. The van der Waals surface area contributed by atoms with Gasteiger partial charge in [-0.25, -0.2) is 0 Å². The van der Waals surface area contributed by atoms with Crippen LogP contribution in [0, 0.1) is 5.92 Å². The average Bonchev–Trinajstić information content (AvgIpc) is 3.18. The van der Waals surface area contributed by atoms with Gasteiger partial charge < -0.3 is 5.32 Å². The van der Waals surface area contributed by atoms with Crippen LogP contribution >= 0.6 is 0 Å². The van der Waals surface area contributed by atoms with Crippen LogP contribution in [0.15, 0.2) is 49.2 Å². The van der Waals surface area contributed by atoms with Gasteiger partial charge in [0.25, 0.3) is 0 Å². The van der Waals surface area contributed by atoms with Gasteiger partial charge in [0.05, 0.1) is 5.69 Å². The minimum atomic E-state index is 0.508. The molecule has 1 unspecified atom stereocenters. The van der Waals surface area contributed by atoms with E-state index in [0.29, 0.717) is 5.92 Å². The Balaban J connectivity index is 1.58. The summed E-state index contributed by atoms with van der Waals surface area (Å²) >= 11 is 0. The van der Waals surface area contributed by atoms with Gasteiger partial charge in [-0.1, -0.05) is 6.92 Å². The molecule has 0 fully saturated rings. The van der Waals surface area contributed by atoms with Gasteiger partial charge in [0, 0.05) is 62.2 Å². The van der Waals surface area contributed by atoms with Crippen molar-refractivity contribution in [1.29, 1.82) is 0 Å². The van der Waals surface area contributed by atoms with Crippen LogP contribution in [-0.2, 0) is 20.1 Å². The van der Waals surface area contributed by atoms with Crippen molar-refractivity contribution < 1.29 is 0 Å². The zero-order valence-corrected chi connectivity index (χ0v) is 13.6. The first-order valence-electron chi connectivity index (χ1n) is 7.83. The number of nitrogens with zero attached hydrogens (tertiary/aromatic N) is 5. The summed E-state index contributed by atoms with van der Waals surface area (Å²) in [5.41, 5.74) is 3.23. The smallest absolute Gasteiger partial charge is 0.0983 e. The van der Waals surface area contributed by atoms with Gasteiger partial charge in [-0.15, -0.1) is 0 Å². The maximum Gasteiger partial charge on any atom is 0.0983 e. The Kier molecular flexibility index (Phi) is 4.83. The van der Waals surface area contributed by atoms with Crippen LogP contribution in [0.25, 0.3) is 11.3 Å². The van der Waals surface area contributed by atoms with E-state index in [0.717, 1.165) is 30.9 Å². The first-order valence-corrected chi connectivity index (χ1v) is 7.83. The summed E-state index contributed by atoms with van der Waals surface area (Å²) in [6, 6.07) is 5.93. The third-order valence-corrected chi connectivity index (χ3v) is 3.71. The highest BCUT2D eigenvalue weighted by Crippen LogP contribution is 2.20. The molecule has 3 heterocycles. The summed E-state index contributed by atoms with van der Waals surface area (Å²) in [7, 11) is 1.95. The quantitative estimate of drug-likeness (QED) is 0.726. The van der Waals surface area contributed by atoms with Crippen LogP contribution in [0.5, 0.6) is 0 Å². The topological polar surface area (TPSA) is 60.6 Å². The number of hydrogen-bond donors (Lipinski definition) is 1. The summed E-state index contributed by atoms with van der Waals surface area (Å²) in [4.78, 5) is 4.18. The molecular weight excluding hydrogens is 288 g/mol. The van der Waals surface area contributed by atoms with Gasteiger partial charge in [0.15, 0.2) is 0 Å². The predicted octanol–water partition coefficient (Wildman–Crippen LogP) is 2.10. The largest absolute Gasteiger partial charge is 0.312 e. The fourth-order valence-electron chi connectivity index (χ4n) is 2.66. The zero-order chi connectivity index (χ0) is 16.1. The normalized spacial score (nSPS) is 12.4. The molecule has 0 spiro atoms. The number of rotatable bonds is 7. The second-order valence-electron chi connectivity index (χ2n) is 5.88. The summed E-state index contributed by atoms with van der Waals surface area (Å²) in [6.07, 6.45) is 9.51. The molecule has 120 valence electrons. The Morgan fingerprint density at radius 1 is 1.26 bits per heavy atom. The van der Waals surface area contributed by atoms with Crippen molar-refractivity contribution in [3.05, 3.63) is 54.7 Å². The molecule has 3 aromatic rings. The van der Waals surface area contributed by atoms with E-state index in [1.54, 1.807) is 6.20 Å². The van der Waals surface area contributed by atoms with Crippen molar-refractivity contribution in [1.82, 2.24) is 29.9 Å². The van der Waals surface area contributed by atoms with Crippen molar-refractivity contribution in [3.8, 4) is 11.3 Å². The average molecular weight is 310 g/mol. The van der Waals surface area contributed by atoms with Gasteiger partial charge >= 0.3 is 0 Å². The van der Waals surface area contributed by atoms with Crippen LogP contribution < -0.4 is 5.32 Å². The van der Waals surface area contributed by atoms with Crippen LogP contribution in [0.1, 0.15) is 12.5 Å². The Labute approximate surface area is 136 Å². The van der Waals surface area contributed by atoms with Crippen molar-refractivity contribution >= 4 is 0 Å². The van der Waals surface area contributed by atoms with Crippen molar-refractivity contribution in [2.45, 2.75) is 20.0 Å². The molecule has 0 saturated heterocycles. The minimum Gasteiger partial charge on any atom is -0.312 e. The van der Waals surface area contributed by atoms with Crippen LogP contribution in [-0.4, -0.2) is 31.1 Å². The lowest BCUT2D eigenvalue weighted by atomic mass is 10.1. The lowest BCUT2D eigenvalue weighted by Gasteiger charge is -2.12. The monoisotopic (exact) mass is 310 g/mol. The Morgan fingerprint density at radius 3 is 2.91 bits per heavy atom. The molecule has 3 rings (SSSR count). The molecule has 0 aliphatic heterocycles. The molecule has 0 amide bonds. The molecule has 0 saturated carbocycles. The van der Waals surface area contributed by atoms with Crippen LogP contribution in [0.4, 0.5) is 0 Å². The van der Waals surface area contributed by atoms with Crippen molar-refractivity contribution in [2.75, 3.05) is 6.54 Å². The third-order valence-electron chi connectivity index (χ3n) is 3.71. The standard InChI is InChI=1S/C17H22N6/c1-14(12-23-8-4-7-20-23)9-19-11-16-13-22(2)21-17(16)15-5-3-6-18-10-15/h3-8,10,13-14,19H,9,11-12H2,1-2H3. The molecule has 6 heteroatoms. The van der Waals surface area contributed by atoms with Gasteiger partial charge in [-0.05, 0) is 30.7 Å². The van der Waals surface area contributed by atoms with Gasteiger partial charge in [0.2, 0.25) is 0 Å². The summed E-state index contributed by atoms with van der Waals surface area (Å²) in [5.74, 6) is 0.508. The molecule has 6 nitrogen and oxygen atoms in total. The predicted molar refractivity (Wildman–Crippen MR) is 89.5 cm³/mol. The second kappa shape index (κ2) is 7.19. The number of pyridine rings is 1. The molecule has 0 aliphatic rings. The zero-order valence-electron chi connectivity index (χ0n) is 13.6. The van der Waals surface area contributed by atoms with E-state index >= 15 is 0 Å². The maximum atomic E-state index is 4.56. The van der Waals surface area contributed by atoms with E-state index < -0.39 is 0 Å². The number of hydrogen-bond acceptors (Lipinski definition) is 4. The first kappa shape index (κ1) is 15.4. The van der Waals surface area contributed by atoms with E-state index in [1.165, 1.54) is 5.56 Å². The van der Waals surface area contributed by atoms with Gasteiger partial charge in [0.1, 0.15) is 0 Å². The summed E-state index contributed by atoms with van der Waals surface area (Å²) in [6.45, 7) is 4.87. The molecule has 3 aromatic heterocycles. The van der Waals surface area contributed by atoms with Crippen LogP contribution in [0.2, 0.25) is 0 Å². The SMILES string of the molecule is CC(CNCc1cn(C)nc1-c1cccnc1)Cn1cccn1. The van der Waals surface area contributed by atoms with Crippen LogP contribution in [0.3, 0.4) is 0 Å². The highest BCUT2D eigenvalue weighted by atomic mass is 15.3. The second-order valence-corrected chi connectivity index (χ2v) is 5.88. The highest BCUT2D eigenvalue weighted by molar-refractivity contribution is 5.61. The van der Waals surface area contributed by atoms with E-state index in [4.69, 9.17) is 0 Å².